The fourth-order valence-electron chi connectivity index (χ4n) is 2.89. The van der Waals surface area contributed by atoms with Gasteiger partial charge in [-0.15, -0.1) is 10.2 Å². The van der Waals surface area contributed by atoms with Gasteiger partial charge in [-0.25, -0.2) is 4.79 Å². The molecule has 1 atom stereocenters. The molecule has 2 heterocycles. The molecular formula is C16H20N6O2. The Hall–Kier alpha value is -2.90. The SMILES string of the molecule is NC(=O)N1CCC[C@H](C(=O)NCc2nncn2-c2ccccc2)C1. The van der Waals surface area contributed by atoms with E-state index in [1.54, 1.807) is 6.33 Å². The summed E-state index contributed by atoms with van der Waals surface area (Å²) in [5, 5.41) is 10.9. The van der Waals surface area contributed by atoms with Gasteiger partial charge in [0, 0.05) is 18.8 Å². The predicted octanol–water partition coefficient (Wildman–Crippen LogP) is 0.674. The molecule has 126 valence electrons. The van der Waals surface area contributed by atoms with Crippen LogP contribution >= 0.6 is 0 Å². The van der Waals surface area contributed by atoms with Crippen molar-refractivity contribution in [2.45, 2.75) is 19.4 Å². The molecule has 8 heteroatoms. The Bertz CT molecular complexity index is 714. The first-order valence-electron chi connectivity index (χ1n) is 7.91. The van der Waals surface area contributed by atoms with Gasteiger partial charge >= 0.3 is 6.03 Å². The third-order valence-corrected chi connectivity index (χ3v) is 4.18. The van der Waals surface area contributed by atoms with Crippen LogP contribution in [0, 0.1) is 5.92 Å². The van der Waals surface area contributed by atoms with Gasteiger partial charge in [0.25, 0.3) is 0 Å². The summed E-state index contributed by atoms with van der Waals surface area (Å²) in [6.45, 7) is 1.26. The summed E-state index contributed by atoms with van der Waals surface area (Å²) >= 11 is 0. The van der Waals surface area contributed by atoms with Gasteiger partial charge in [0.15, 0.2) is 5.82 Å². The van der Waals surface area contributed by atoms with Crippen molar-refractivity contribution in [2.75, 3.05) is 13.1 Å². The zero-order valence-corrected chi connectivity index (χ0v) is 13.3. The van der Waals surface area contributed by atoms with E-state index in [-0.39, 0.29) is 18.4 Å². The lowest BCUT2D eigenvalue weighted by Gasteiger charge is -2.30. The molecule has 24 heavy (non-hydrogen) atoms. The first-order chi connectivity index (χ1) is 11.6. The number of hydrogen-bond donors (Lipinski definition) is 2. The maximum absolute atomic E-state index is 12.4. The summed E-state index contributed by atoms with van der Waals surface area (Å²) in [6.07, 6.45) is 3.15. The van der Waals surface area contributed by atoms with Crippen molar-refractivity contribution in [3.63, 3.8) is 0 Å². The number of carbonyl (C=O) groups is 2. The second-order valence-electron chi connectivity index (χ2n) is 5.79. The number of benzene rings is 1. The highest BCUT2D eigenvalue weighted by Crippen LogP contribution is 2.16. The number of likely N-dealkylation sites (tertiary alicyclic amines) is 1. The third kappa shape index (κ3) is 3.53. The first kappa shape index (κ1) is 16.0. The molecule has 1 aliphatic heterocycles. The average Bonchev–Trinajstić information content (AvgIpc) is 3.09. The lowest BCUT2D eigenvalue weighted by atomic mass is 9.97. The van der Waals surface area contributed by atoms with Gasteiger partial charge < -0.3 is 16.0 Å². The van der Waals surface area contributed by atoms with Gasteiger partial charge in [-0.2, -0.15) is 0 Å². The molecule has 1 aliphatic rings. The molecule has 1 aromatic carbocycles. The summed E-state index contributed by atoms with van der Waals surface area (Å²) < 4.78 is 1.83. The zero-order valence-electron chi connectivity index (χ0n) is 13.3. The second-order valence-corrected chi connectivity index (χ2v) is 5.79. The van der Waals surface area contributed by atoms with E-state index in [9.17, 15) is 9.59 Å². The summed E-state index contributed by atoms with van der Waals surface area (Å²) in [7, 11) is 0. The molecule has 2 aromatic rings. The lowest BCUT2D eigenvalue weighted by molar-refractivity contribution is -0.126. The van der Waals surface area contributed by atoms with Crippen LogP contribution in [0.25, 0.3) is 5.69 Å². The maximum atomic E-state index is 12.4. The van der Waals surface area contributed by atoms with E-state index in [1.165, 1.54) is 4.90 Å². The van der Waals surface area contributed by atoms with Gasteiger partial charge in [0.1, 0.15) is 6.33 Å². The van der Waals surface area contributed by atoms with E-state index >= 15 is 0 Å². The van der Waals surface area contributed by atoms with Gasteiger partial charge in [-0.3, -0.25) is 9.36 Å². The standard InChI is InChI=1S/C16H20N6O2/c17-16(24)21-8-4-5-12(10-21)15(23)18-9-14-20-19-11-22(14)13-6-2-1-3-7-13/h1-3,6-7,11-12H,4-5,8-10H2,(H2,17,24)(H,18,23)/t12-/m0/s1. The summed E-state index contributed by atoms with van der Waals surface area (Å²) in [4.78, 5) is 25.1. The van der Waals surface area contributed by atoms with Crippen LogP contribution in [-0.2, 0) is 11.3 Å². The van der Waals surface area contributed by atoms with Gasteiger partial charge in [0.05, 0.1) is 12.5 Å². The number of carbonyl (C=O) groups excluding carboxylic acids is 2. The maximum Gasteiger partial charge on any atom is 0.314 e. The number of rotatable bonds is 4. The van der Waals surface area contributed by atoms with E-state index in [4.69, 9.17) is 5.73 Å². The molecule has 0 unspecified atom stereocenters. The van der Waals surface area contributed by atoms with E-state index in [0.717, 1.165) is 18.5 Å². The zero-order chi connectivity index (χ0) is 16.9. The number of para-hydroxylation sites is 1. The van der Waals surface area contributed by atoms with E-state index < -0.39 is 6.03 Å². The number of nitrogens with one attached hydrogen (secondary N) is 1. The molecule has 3 N–H and O–H groups in total. The minimum Gasteiger partial charge on any atom is -0.351 e. The van der Waals surface area contributed by atoms with Crippen molar-refractivity contribution in [3.05, 3.63) is 42.5 Å². The number of aromatic nitrogens is 3. The van der Waals surface area contributed by atoms with E-state index in [2.05, 4.69) is 15.5 Å². The molecule has 0 radical (unpaired) electrons. The quantitative estimate of drug-likeness (QED) is 0.860. The topological polar surface area (TPSA) is 106 Å². The monoisotopic (exact) mass is 328 g/mol. The Morgan fingerprint density at radius 2 is 2.08 bits per heavy atom. The molecule has 3 amide bonds. The summed E-state index contributed by atoms with van der Waals surface area (Å²) in [5.74, 6) is 0.319. The molecule has 1 saturated heterocycles. The van der Waals surface area contributed by atoms with Crippen LogP contribution in [-0.4, -0.2) is 44.7 Å². The number of urea groups is 1. The van der Waals surface area contributed by atoms with Gasteiger partial charge in [-0.05, 0) is 25.0 Å². The highest BCUT2D eigenvalue weighted by molar-refractivity contribution is 5.80. The Kier molecular flexibility index (Phi) is 4.74. The van der Waals surface area contributed by atoms with Crippen LogP contribution in [0.1, 0.15) is 18.7 Å². The van der Waals surface area contributed by atoms with Crippen LogP contribution in [0.15, 0.2) is 36.7 Å². The van der Waals surface area contributed by atoms with Crippen molar-refractivity contribution in [2.24, 2.45) is 11.7 Å². The number of primary amides is 1. The smallest absolute Gasteiger partial charge is 0.314 e. The predicted molar refractivity (Wildman–Crippen MR) is 87.1 cm³/mol. The van der Waals surface area contributed by atoms with Crippen molar-refractivity contribution in [1.29, 1.82) is 0 Å². The highest BCUT2D eigenvalue weighted by Gasteiger charge is 2.27. The lowest BCUT2D eigenvalue weighted by Crippen LogP contribution is -2.47. The van der Waals surface area contributed by atoms with Crippen LogP contribution in [0.3, 0.4) is 0 Å². The average molecular weight is 328 g/mol. The molecule has 0 saturated carbocycles. The number of hydrogen-bond acceptors (Lipinski definition) is 4. The molecule has 0 bridgehead atoms. The van der Waals surface area contributed by atoms with Crippen LogP contribution in [0.2, 0.25) is 0 Å². The highest BCUT2D eigenvalue weighted by atomic mass is 16.2. The van der Waals surface area contributed by atoms with Crippen molar-refractivity contribution in [3.8, 4) is 5.69 Å². The van der Waals surface area contributed by atoms with Crippen molar-refractivity contribution >= 4 is 11.9 Å². The van der Waals surface area contributed by atoms with E-state index in [1.807, 2.05) is 34.9 Å². The van der Waals surface area contributed by atoms with Gasteiger partial charge in [-0.1, -0.05) is 18.2 Å². The van der Waals surface area contributed by atoms with Crippen LogP contribution in [0.5, 0.6) is 0 Å². The number of piperidine rings is 1. The fraction of sp³-hybridized carbons (Fsp3) is 0.375. The van der Waals surface area contributed by atoms with E-state index in [0.29, 0.717) is 18.9 Å². The van der Waals surface area contributed by atoms with Crippen LogP contribution < -0.4 is 11.1 Å². The Labute approximate surface area is 139 Å². The molecule has 1 aromatic heterocycles. The van der Waals surface area contributed by atoms with Crippen molar-refractivity contribution < 1.29 is 9.59 Å². The normalized spacial score (nSPS) is 17.5. The van der Waals surface area contributed by atoms with Gasteiger partial charge in [0.2, 0.25) is 5.91 Å². The number of nitrogens with two attached hydrogens (primary N) is 1. The molecule has 0 aliphatic carbocycles. The molecular weight excluding hydrogens is 308 g/mol. The first-order valence-corrected chi connectivity index (χ1v) is 7.91. The largest absolute Gasteiger partial charge is 0.351 e. The van der Waals surface area contributed by atoms with Crippen molar-refractivity contribution in [1.82, 2.24) is 25.0 Å². The number of amides is 3. The molecule has 0 spiro atoms. The molecule has 1 fully saturated rings. The fourth-order valence-corrected chi connectivity index (χ4v) is 2.89. The molecule has 3 rings (SSSR count). The minimum absolute atomic E-state index is 0.0939. The minimum atomic E-state index is -0.476. The summed E-state index contributed by atoms with van der Waals surface area (Å²) in [6, 6.07) is 9.21. The van der Waals surface area contributed by atoms with Crippen LogP contribution in [0.4, 0.5) is 4.79 Å². The second kappa shape index (κ2) is 7.12. The summed E-state index contributed by atoms with van der Waals surface area (Å²) in [5.41, 5.74) is 6.23. The Morgan fingerprint density at radius 3 is 2.83 bits per heavy atom. The Balaban J connectivity index is 1.61. The number of nitrogens with zero attached hydrogens (tertiary/aromatic N) is 4. The molecule has 8 nitrogen and oxygen atoms in total. The third-order valence-electron chi connectivity index (χ3n) is 4.18. The Morgan fingerprint density at radius 1 is 1.29 bits per heavy atom.